The van der Waals surface area contributed by atoms with E-state index in [9.17, 15) is 4.39 Å². The van der Waals surface area contributed by atoms with Gasteiger partial charge in [-0.2, -0.15) is 0 Å². The summed E-state index contributed by atoms with van der Waals surface area (Å²) < 4.78 is 12.9. The third-order valence-corrected chi connectivity index (χ3v) is 2.72. The molecule has 1 aliphatic heterocycles. The summed E-state index contributed by atoms with van der Waals surface area (Å²) in [4.78, 5) is 0. The quantitative estimate of drug-likeness (QED) is 0.718. The molecule has 0 amide bonds. The molecule has 1 heterocycles. The molecule has 1 atom stereocenters. The number of fused-ring (bicyclic) bond motifs is 1. The smallest absolute Gasteiger partial charge is 0.125 e. The molecule has 0 saturated heterocycles. The van der Waals surface area contributed by atoms with E-state index in [1.165, 1.54) is 6.07 Å². The van der Waals surface area contributed by atoms with E-state index in [1.54, 1.807) is 12.1 Å². The molecule has 1 aromatic carbocycles. The van der Waals surface area contributed by atoms with Crippen molar-refractivity contribution in [3.05, 3.63) is 24.0 Å². The van der Waals surface area contributed by atoms with Gasteiger partial charge in [-0.3, -0.25) is 0 Å². The van der Waals surface area contributed by atoms with E-state index in [2.05, 4.69) is 17.6 Å². The number of benzene rings is 1. The number of anilines is 2. The second-order valence-electron chi connectivity index (χ2n) is 3.73. The fraction of sp³-hybridized carbons (Fsp3) is 0.455. The summed E-state index contributed by atoms with van der Waals surface area (Å²) in [6, 6.07) is 4.82. The Morgan fingerprint density at radius 2 is 2.00 bits per heavy atom. The molecule has 2 nitrogen and oxygen atoms in total. The van der Waals surface area contributed by atoms with Crippen LogP contribution >= 0.6 is 0 Å². The molecule has 0 fully saturated rings. The first-order chi connectivity index (χ1) is 6.79. The third-order valence-electron chi connectivity index (χ3n) is 2.72. The zero-order valence-corrected chi connectivity index (χ0v) is 8.31. The average Bonchev–Trinajstić information content (AvgIpc) is 2.39. The molecule has 1 unspecified atom stereocenters. The molecular formula is C11H15FN2. The van der Waals surface area contributed by atoms with Crippen LogP contribution in [0.1, 0.15) is 13.3 Å². The molecule has 3 heteroatoms. The van der Waals surface area contributed by atoms with Crippen molar-refractivity contribution in [2.24, 2.45) is 5.92 Å². The molecule has 0 aliphatic carbocycles. The zero-order chi connectivity index (χ0) is 9.97. The molecule has 0 aromatic heterocycles. The lowest BCUT2D eigenvalue weighted by Gasteiger charge is -2.10. The number of rotatable bonds is 1. The molecule has 1 aliphatic rings. The van der Waals surface area contributed by atoms with Crippen LogP contribution in [0.25, 0.3) is 0 Å². The van der Waals surface area contributed by atoms with Crippen molar-refractivity contribution in [2.45, 2.75) is 13.3 Å². The monoisotopic (exact) mass is 194 g/mol. The van der Waals surface area contributed by atoms with Crippen LogP contribution in [0, 0.1) is 11.7 Å². The molecular weight excluding hydrogens is 179 g/mol. The second kappa shape index (κ2) is 3.86. The predicted molar refractivity (Wildman–Crippen MR) is 57.2 cm³/mol. The van der Waals surface area contributed by atoms with E-state index in [-0.39, 0.29) is 5.82 Å². The van der Waals surface area contributed by atoms with Gasteiger partial charge in [-0.05, 0) is 30.5 Å². The molecule has 0 spiro atoms. The Morgan fingerprint density at radius 1 is 1.29 bits per heavy atom. The van der Waals surface area contributed by atoms with Gasteiger partial charge in [0.1, 0.15) is 5.82 Å². The van der Waals surface area contributed by atoms with Gasteiger partial charge in [0.2, 0.25) is 0 Å². The van der Waals surface area contributed by atoms with Gasteiger partial charge in [0.25, 0.3) is 0 Å². The fourth-order valence-electron chi connectivity index (χ4n) is 1.69. The summed E-state index contributed by atoms with van der Waals surface area (Å²) in [6.07, 6.45) is 1.14. The minimum Gasteiger partial charge on any atom is -0.383 e. The highest BCUT2D eigenvalue weighted by atomic mass is 19.1. The first-order valence-electron chi connectivity index (χ1n) is 5.07. The zero-order valence-electron chi connectivity index (χ0n) is 8.31. The first kappa shape index (κ1) is 9.31. The van der Waals surface area contributed by atoms with Crippen molar-refractivity contribution in [1.82, 2.24) is 0 Å². The van der Waals surface area contributed by atoms with Crippen molar-refractivity contribution in [1.29, 1.82) is 0 Å². The van der Waals surface area contributed by atoms with Crippen LogP contribution in [0.4, 0.5) is 15.8 Å². The molecule has 76 valence electrons. The Kier molecular flexibility index (Phi) is 2.57. The molecule has 2 N–H and O–H groups in total. The van der Waals surface area contributed by atoms with Gasteiger partial charge in [-0.1, -0.05) is 6.92 Å². The number of hydrogen-bond acceptors (Lipinski definition) is 2. The second-order valence-corrected chi connectivity index (χ2v) is 3.73. The van der Waals surface area contributed by atoms with Crippen LogP contribution in [0.3, 0.4) is 0 Å². The summed E-state index contributed by atoms with van der Waals surface area (Å²) in [5.41, 5.74) is 1.88. The minimum absolute atomic E-state index is 0.187. The van der Waals surface area contributed by atoms with Gasteiger partial charge in [0.05, 0.1) is 11.4 Å². The lowest BCUT2D eigenvalue weighted by atomic mass is 10.1. The molecule has 2 rings (SSSR count). The van der Waals surface area contributed by atoms with Crippen LogP contribution in [-0.2, 0) is 0 Å². The Balaban J connectivity index is 2.21. The highest BCUT2D eigenvalue weighted by molar-refractivity contribution is 5.69. The SMILES string of the molecule is CCC1CNc2ccc(F)cc2NC1. The highest BCUT2D eigenvalue weighted by Gasteiger charge is 2.13. The third kappa shape index (κ3) is 1.81. The maximum absolute atomic E-state index is 12.9. The molecule has 0 bridgehead atoms. The van der Waals surface area contributed by atoms with Gasteiger partial charge in [-0.15, -0.1) is 0 Å². The van der Waals surface area contributed by atoms with E-state index in [0.29, 0.717) is 5.92 Å². The Hall–Kier alpha value is -1.25. The summed E-state index contributed by atoms with van der Waals surface area (Å²) in [5.74, 6) is 0.429. The van der Waals surface area contributed by atoms with Crippen molar-refractivity contribution < 1.29 is 4.39 Å². The lowest BCUT2D eigenvalue weighted by molar-refractivity contribution is 0.570. The van der Waals surface area contributed by atoms with Gasteiger partial charge in [0, 0.05) is 13.1 Å². The molecule has 14 heavy (non-hydrogen) atoms. The first-order valence-corrected chi connectivity index (χ1v) is 5.07. The van der Waals surface area contributed by atoms with Gasteiger partial charge in [0.15, 0.2) is 0 Å². The van der Waals surface area contributed by atoms with Crippen LogP contribution in [-0.4, -0.2) is 13.1 Å². The van der Waals surface area contributed by atoms with Crippen molar-refractivity contribution in [3.8, 4) is 0 Å². The largest absolute Gasteiger partial charge is 0.383 e. The van der Waals surface area contributed by atoms with Gasteiger partial charge < -0.3 is 10.6 Å². The number of hydrogen-bond donors (Lipinski definition) is 2. The van der Waals surface area contributed by atoms with E-state index in [1.807, 2.05) is 0 Å². The van der Waals surface area contributed by atoms with Crippen molar-refractivity contribution in [2.75, 3.05) is 23.7 Å². The Bertz CT molecular complexity index is 325. The van der Waals surface area contributed by atoms with E-state index < -0.39 is 0 Å². The fourth-order valence-corrected chi connectivity index (χ4v) is 1.69. The Labute approximate surface area is 83.5 Å². The van der Waals surface area contributed by atoms with Crippen LogP contribution in [0.15, 0.2) is 18.2 Å². The summed E-state index contributed by atoms with van der Waals surface area (Å²) >= 11 is 0. The summed E-state index contributed by atoms with van der Waals surface area (Å²) in [5, 5.41) is 6.59. The van der Waals surface area contributed by atoms with Gasteiger partial charge in [-0.25, -0.2) is 4.39 Å². The molecule has 0 radical (unpaired) electrons. The van der Waals surface area contributed by atoms with E-state index >= 15 is 0 Å². The van der Waals surface area contributed by atoms with Crippen LogP contribution in [0.5, 0.6) is 0 Å². The van der Waals surface area contributed by atoms with Crippen LogP contribution < -0.4 is 10.6 Å². The normalized spacial score (nSPS) is 20.3. The van der Waals surface area contributed by atoms with Crippen molar-refractivity contribution >= 4 is 11.4 Å². The van der Waals surface area contributed by atoms with E-state index in [0.717, 1.165) is 30.9 Å². The standard InChI is InChI=1S/C11H15FN2/c1-2-8-6-13-10-4-3-9(12)5-11(10)14-7-8/h3-5,8,13-14H,2,6-7H2,1H3. The maximum atomic E-state index is 12.9. The number of halogens is 1. The average molecular weight is 194 g/mol. The molecule has 1 aromatic rings. The lowest BCUT2D eigenvalue weighted by Crippen LogP contribution is -2.17. The van der Waals surface area contributed by atoms with E-state index in [4.69, 9.17) is 0 Å². The van der Waals surface area contributed by atoms with Gasteiger partial charge >= 0.3 is 0 Å². The minimum atomic E-state index is -0.187. The topological polar surface area (TPSA) is 24.1 Å². The van der Waals surface area contributed by atoms with Crippen LogP contribution in [0.2, 0.25) is 0 Å². The molecule has 0 saturated carbocycles. The van der Waals surface area contributed by atoms with Crippen molar-refractivity contribution in [3.63, 3.8) is 0 Å². The predicted octanol–water partition coefficient (Wildman–Crippen LogP) is 2.69. The summed E-state index contributed by atoms with van der Waals surface area (Å²) in [7, 11) is 0. The summed E-state index contributed by atoms with van der Waals surface area (Å²) in [6.45, 7) is 4.05. The highest BCUT2D eigenvalue weighted by Crippen LogP contribution is 2.26. The maximum Gasteiger partial charge on any atom is 0.125 e. The number of nitrogens with one attached hydrogen (secondary N) is 2. The Morgan fingerprint density at radius 3 is 2.71 bits per heavy atom.